The molecule has 1 saturated heterocycles. The number of nitrogens with two attached hydrogens (primary N) is 1. The van der Waals surface area contributed by atoms with Gasteiger partial charge in [0.05, 0.1) is 11.5 Å². The molecule has 0 aromatic heterocycles. The van der Waals surface area contributed by atoms with E-state index < -0.39 is 10.0 Å². The van der Waals surface area contributed by atoms with Crippen LogP contribution in [0.5, 0.6) is 0 Å². The lowest BCUT2D eigenvalue weighted by Crippen LogP contribution is -2.45. The van der Waals surface area contributed by atoms with Crippen molar-refractivity contribution in [3.05, 3.63) is 23.8 Å². The number of nitrogen functional groups attached to an aromatic ring is 1. The van der Waals surface area contributed by atoms with Crippen molar-refractivity contribution in [3.63, 3.8) is 0 Å². The second kappa shape index (κ2) is 5.48. The molecule has 0 radical (unpaired) electrons. The van der Waals surface area contributed by atoms with Crippen LogP contribution in [0, 0.1) is 6.92 Å². The second-order valence-electron chi connectivity index (χ2n) is 4.92. The average molecular weight is 284 g/mol. The molecule has 2 rings (SSSR count). The summed E-state index contributed by atoms with van der Waals surface area (Å²) in [6, 6.07) is 4.59. The summed E-state index contributed by atoms with van der Waals surface area (Å²) in [6.45, 7) is 2.03. The molecule has 0 saturated carbocycles. The minimum absolute atomic E-state index is 0.138. The lowest BCUT2D eigenvalue weighted by atomic mass is 10.1. The Morgan fingerprint density at radius 2 is 2.16 bits per heavy atom. The first kappa shape index (κ1) is 14.3. The van der Waals surface area contributed by atoms with Crippen LogP contribution in [0.25, 0.3) is 0 Å². The Labute approximate surface area is 114 Å². The van der Waals surface area contributed by atoms with Crippen LogP contribution in [0.3, 0.4) is 0 Å². The number of aliphatic hydroxyl groups excluding tert-OH is 1. The smallest absolute Gasteiger partial charge is 0.243 e. The predicted molar refractivity (Wildman–Crippen MR) is 74.2 cm³/mol. The Morgan fingerprint density at radius 1 is 1.42 bits per heavy atom. The molecule has 0 bridgehead atoms. The van der Waals surface area contributed by atoms with Crippen molar-refractivity contribution in [1.29, 1.82) is 0 Å². The second-order valence-corrected chi connectivity index (χ2v) is 6.78. The minimum atomic E-state index is -3.58. The van der Waals surface area contributed by atoms with Gasteiger partial charge in [-0.25, -0.2) is 8.42 Å². The van der Waals surface area contributed by atoms with Crippen LogP contribution in [-0.4, -0.2) is 37.0 Å². The van der Waals surface area contributed by atoms with Crippen LogP contribution >= 0.6 is 0 Å². The quantitative estimate of drug-likeness (QED) is 0.815. The van der Waals surface area contributed by atoms with Crippen molar-refractivity contribution in [2.24, 2.45) is 0 Å². The van der Waals surface area contributed by atoms with Gasteiger partial charge in [0.15, 0.2) is 0 Å². The number of piperidine rings is 1. The zero-order valence-electron chi connectivity index (χ0n) is 11.0. The Hall–Kier alpha value is -1.11. The van der Waals surface area contributed by atoms with Crippen molar-refractivity contribution >= 4 is 15.7 Å². The SMILES string of the molecule is Cc1c(N)cccc1S(=O)(=O)N1CCCCC1CO. The van der Waals surface area contributed by atoms with E-state index in [1.54, 1.807) is 25.1 Å². The number of benzene rings is 1. The number of aliphatic hydroxyl groups is 1. The third-order valence-corrected chi connectivity index (χ3v) is 5.79. The van der Waals surface area contributed by atoms with Crippen molar-refractivity contribution in [1.82, 2.24) is 4.31 Å². The van der Waals surface area contributed by atoms with Gasteiger partial charge < -0.3 is 10.8 Å². The summed E-state index contributed by atoms with van der Waals surface area (Å²) in [5, 5.41) is 9.36. The summed E-state index contributed by atoms with van der Waals surface area (Å²) < 4.78 is 26.8. The van der Waals surface area contributed by atoms with Crippen LogP contribution in [0.1, 0.15) is 24.8 Å². The van der Waals surface area contributed by atoms with E-state index in [-0.39, 0.29) is 17.5 Å². The zero-order chi connectivity index (χ0) is 14.0. The molecule has 1 aliphatic heterocycles. The zero-order valence-corrected chi connectivity index (χ0v) is 11.9. The Balaban J connectivity index is 2.44. The van der Waals surface area contributed by atoms with Gasteiger partial charge in [-0.1, -0.05) is 12.5 Å². The van der Waals surface area contributed by atoms with Crippen molar-refractivity contribution in [2.45, 2.75) is 37.1 Å². The molecule has 106 valence electrons. The Kier molecular flexibility index (Phi) is 4.13. The summed E-state index contributed by atoms with van der Waals surface area (Å²) in [5.41, 5.74) is 6.83. The highest BCUT2D eigenvalue weighted by Crippen LogP contribution is 2.28. The van der Waals surface area contributed by atoms with Gasteiger partial charge in [-0.2, -0.15) is 4.31 Å². The van der Waals surface area contributed by atoms with Crippen LogP contribution < -0.4 is 5.73 Å². The highest BCUT2D eigenvalue weighted by Gasteiger charge is 2.34. The number of anilines is 1. The van der Waals surface area contributed by atoms with Gasteiger partial charge in [0.1, 0.15) is 0 Å². The van der Waals surface area contributed by atoms with Crippen LogP contribution in [0.15, 0.2) is 23.1 Å². The molecule has 1 unspecified atom stereocenters. The first-order valence-corrected chi connectivity index (χ1v) is 7.90. The topological polar surface area (TPSA) is 83.6 Å². The number of rotatable bonds is 3. The molecule has 1 aromatic carbocycles. The maximum absolute atomic E-state index is 12.7. The van der Waals surface area contributed by atoms with E-state index in [0.29, 0.717) is 24.2 Å². The standard InChI is InChI=1S/C13H20N2O3S/c1-10-12(14)6-4-7-13(10)19(17,18)15-8-3-2-5-11(15)9-16/h4,6-7,11,16H,2-3,5,8-9,14H2,1H3. The van der Waals surface area contributed by atoms with E-state index in [4.69, 9.17) is 5.73 Å². The molecular formula is C13H20N2O3S. The molecule has 5 nitrogen and oxygen atoms in total. The first-order chi connectivity index (χ1) is 8.98. The highest BCUT2D eigenvalue weighted by molar-refractivity contribution is 7.89. The van der Waals surface area contributed by atoms with Crippen LogP contribution in [-0.2, 0) is 10.0 Å². The summed E-state index contributed by atoms with van der Waals surface area (Å²) >= 11 is 0. The molecule has 1 heterocycles. The van der Waals surface area contributed by atoms with Gasteiger partial charge in [0.25, 0.3) is 0 Å². The van der Waals surface area contributed by atoms with E-state index in [1.165, 1.54) is 4.31 Å². The molecule has 1 aliphatic rings. The highest BCUT2D eigenvalue weighted by atomic mass is 32.2. The van der Waals surface area contributed by atoms with Crippen molar-refractivity contribution in [2.75, 3.05) is 18.9 Å². The van der Waals surface area contributed by atoms with Gasteiger partial charge in [-0.3, -0.25) is 0 Å². The van der Waals surface area contributed by atoms with Gasteiger partial charge in [-0.05, 0) is 37.5 Å². The molecular weight excluding hydrogens is 264 g/mol. The van der Waals surface area contributed by atoms with E-state index in [9.17, 15) is 13.5 Å². The fourth-order valence-electron chi connectivity index (χ4n) is 2.51. The summed E-state index contributed by atoms with van der Waals surface area (Å²) in [4.78, 5) is 0.243. The van der Waals surface area contributed by atoms with Crippen LogP contribution in [0.4, 0.5) is 5.69 Å². The Morgan fingerprint density at radius 3 is 2.84 bits per heavy atom. The lowest BCUT2D eigenvalue weighted by molar-refractivity contribution is 0.155. The normalized spacial score (nSPS) is 21.5. The number of hydrogen-bond acceptors (Lipinski definition) is 4. The summed E-state index contributed by atoms with van der Waals surface area (Å²) in [6.07, 6.45) is 2.49. The lowest BCUT2D eigenvalue weighted by Gasteiger charge is -2.33. The molecule has 3 N–H and O–H groups in total. The minimum Gasteiger partial charge on any atom is -0.398 e. The molecule has 0 amide bonds. The van der Waals surface area contributed by atoms with E-state index in [1.807, 2.05) is 0 Å². The first-order valence-electron chi connectivity index (χ1n) is 6.46. The van der Waals surface area contributed by atoms with E-state index in [0.717, 1.165) is 12.8 Å². The maximum Gasteiger partial charge on any atom is 0.243 e. The van der Waals surface area contributed by atoms with Crippen LogP contribution in [0.2, 0.25) is 0 Å². The van der Waals surface area contributed by atoms with Gasteiger partial charge in [0.2, 0.25) is 10.0 Å². The van der Waals surface area contributed by atoms with Crippen molar-refractivity contribution < 1.29 is 13.5 Å². The van der Waals surface area contributed by atoms with E-state index in [2.05, 4.69) is 0 Å². The number of nitrogens with zero attached hydrogens (tertiary/aromatic N) is 1. The van der Waals surface area contributed by atoms with E-state index >= 15 is 0 Å². The number of sulfonamides is 1. The monoisotopic (exact) mass is 284 g/mol. The summed E-state index contributed by atoms with van der Waals surface area (Å²) in [5.74, 6) is 0. The molecule has 1 fully saturated rings. The summed E-state index contributed by atoms with van der Waals surface area (Å²) in [7, 11) is -3.58. The van der Waals surface area contributed by atoms with Gasteiger partial charge in [0, 0.05) is 18.3 Å². The van der Waals surface area contributed by atoms with Gasteiger partial charge >= 0.3 is 0 Å². The predicted octanol–water partition coefficient (Wildman–Crippen LogP) is 1.11. The third-order valence-electron chi connectivity index (χ3n) is 3.70. The fourth-order valence-corrected chi connectivity index (χ4v) is 4.45. The molecule has 0 aliphatic carbocycles. The Bertz CT molecular complexity index is 557. The average Bonchev–Trinajstić information content (AvgIpc) is 2.41. The maximum atomic E-state index is 12.7. The molecule has 19 heavy (non-hydrogen) atoms. The van der Waals surface area contributed by atoms with Crippen molar-refractivity contribution in [3.8, 4) is 0 Å². The number of hydrogen-bond donors (Lipinski definition) is 2. The fraction of sp³-hybridized carbons (Fsp3) is 0.538. The molecule has 0 spiro atoms. The largest absolute Gasteiger partial charge is 0.398 e. The molecule has 6 heteroatoms. The molecule has 1 atom stereocenters. The van der Waals surface area contributed by atoms with Gasteiger partial charge in [-0.15, -0.1) is 0 Å². The third kappa shape index (κ3) is 2.61. The molecule has 1 aromatic rings.